The van der Waals surface area contributed by atoms with Crippen LogP contribution >= 0.6 is 27.5 Å². The van der Waals surface area contributed by atoms with Gasteiger partial charge in [0.05, 0.1) is 9.99 Å². The van der Waals surface area contributed by atoms with Crippen LogP contribution in [0.15, 0.2) is 53.0 Å². The highest BCUT2D eigenvalue weighted by atomic mass is 79.9. The first-order valence-corrected chi connectivity index (χ1v) is 7.49. The number of carboxylic acids is 1. The van der Waals surface area contributed by atoms with E-state index >= 15 is 0 Å². The van der Waals surface area contributed by atoms with Crippen molar-refractivity contribution in [2.75, 3.05) is 0 Å². The van der Waals surface area contributed by atoms with Gasteiger partial charge in [0.2, 0.25) is 0 Å². The molecule has 0 saturated carbocycles. The lowest BCUT2D eigenvalue weighted by molar-refractivity contribution is 0.0685. The maximum Gasteiger partial charge on any atom is 0.353 e. The Hall–Kier alpha value is -1.78. The molecule has 21 heavy (non-hydrogen) atoms. The third-order valence-corrected chi connectivity index (χ3v) is 4.38. The lowest BCUT2D eigenvalue weighted by Gasteiger charge is -2.09. The number of aromatic nitrogens is 1. The van der Waals surface area contributed by atoms with Gasteiger partial charge in [-0.2, -0.15) is 0 Å². The molecule has 106 valence electrons. The molecule has 0 fully saturated rings. The van der Waals surface area contributed by atoms with Crippen molar-refractivity contribution in [1.29, 1.82) is 0 Å². The van der Waals surface area contributed by atoms with Gasteiger partial charge in [0.1, 0.15) is 5.69 Å². The molecule has 0 aliphatic carbocycles. The van der Waals surface area contributed by atoms with Crippen molar-refractivity contribution in [2.45, 2.75) is 6.54 Å². The lowest BCUT2D eigenvalue weighted by atomic mass is 10.2. The predicted molar refractivity (Wildman–Crippen MR) is 87.2 cm³/mol. The van der Waals surface area contributed by atoms with Crippen LogP contribution in [0.2, 0.25) is 5.02 Å². The second-order valence-electron chi connectivity index (χ2n) is 4.70. The summed E-state index contributed by atoms with van der Waals surface area (Å²) < 4.78 is 2.39. The summed E-state index contributed by atoms with van der Waals surface area (Å²) in [5.74, 6) is -0.958. The number of nitrogens with zero attached hydrogens (tertiary/aromatic N) is 1. The van der Waals surface area contributed by atoms with E-state index in [1.54, 1.807) is 10.6 Å². The minimum atomic E-state index is -0.958. The van der Waals surface area contributed by atoms with E-state index in [0.29, 0.717) is 16.0 Å². The number of carboxylic acid groups (broad SMARTS) is 1. The number of carbonyl (C=O) groups is 1. The molecular weight excluding hydrogens is 354 g/mol. The SMILES string of the molecule is O=C(O)c1c(Br)c2ccccc2n1Cc1cccc(Cl)c1. The number of fused-ring (bicyclic) bond motifs is 1. The number of aromatic carboxylic acids is 1. The lowest BCUT2D eigenvalue weighted by Crippen LogP contribution is -2.09. The minimum Gasteiger partial charge on any atom is -0.477 e. The van der Waals surface area contributed by atoms with E-state index in [9.17, 15) is 9.90 Å². The molecule has 0 radical (unpaired) electrons. The molecule has 1 heterocycles. The summed E-state index contributed by atoms with van der Waals surface area (Å²) >= 11 is 9.41. The van der Waals surface area contributed by atoms with Crippen molar-refractivity contribution in [2.24, 2.45) is 0 Å². The molecule has 1 N–H and O–H groups in total. The van der Waals surface area contributed by atoms with E-state index in [-0.39, 0.29) is 5.69 Å². The van der Waals surface area contributed by atoms with Crippen molar-refractivity contribution in [3.63, 3.8) is 0 Å². The Morgan fingerprint density at radius 3 is 2.67 bits per heavy atom. The first-order chi connectivity index (χ1) is 10.1. The van der Waals surface area contributed by atoms with Gasteiger partial charge >= 0.3 is 5.97 Å². The van der Waals surface area contributed by atoms with E-state index in [2.05, 4.69) is 15.9 Å². The Labute approximate surface area is 134 Å². The molecule has 1 aromatic heterocycles. The molecule has 0 aliphatic rings. The molecule has 0 bridgehead atoms. The third kappa shape index (κ3) is 2.57. The molecule has 0 atom stereocenters. The Bertz CT molecular complexity index is 841. The fraction of sp³-hybridized carbons (Fsp3) is 0.0625. The highest BCUT2D eigenvalue weighted by Gasteiger charge is 2.20. The zero-order chi connectivity index (χ0) is 15.0. The van der Waals surface area contributed by atoms with Crippen LogP contribution in [0.25, 0.3) is 10.9 Å². The highest BCUT2D eigenvalue weighted by Crippen LogP contribution is 2.31. The number of para-hydroxylation sites is 1. The van der Waals surface area contributed by atoms with Crippen LogP contribution in [0.3, 0.4) is 0 Å². The van der Waals surface area contributed by atoms with Crippen LogP contribution in [0, 0.1) is 0 Å². The first kappa shape index (κ1) is 14.2. The smallest absolute Gasteiger partial charge is 0.353 e. The molecule has 3 nitrogen and oxygen atoms in total. The average Bonchev–Trinajstić information content (AvgIpc) is 2.73. The quantitative estimate of drug-likeness (QED) is 0.725. The summed E-state index contributed by atoms with van der Waals surface area (Å²) in [5.41, 5.74) is 2.08. The standard InChI is InChI=1S/C16H11BrClNO2/c17-14-12-6-1-2-7-13(12)19(15(14)16(20)21)9-10-4-3-5-11(18)8-10/h1-8H,9H2,(H,20,21). The normalized spacial score (nSPS) is 11.0. The Kier molecular flexibility index (Phi) is 3.74. The third-order valence-electron chi connectivity index (χ3n) is 3.34. The van der Waals surface area contributed by atoms with E-state index < -0.39 is 5.97 Å². The maximum atomic E-state index is 11.6. The highest BCUT2D eigenvalue weighted by molar-refractivity contribution is 9.10. The summed E-state index contributed by atoms with van der Waals surface area (Å²) in [4.78, 5) is 11.6. The van der Waals surface area contributed by atoms with E-state index in [1.807, 2.05) is 42.5 Å². The number of hydrogen-bond acceptors (Lipinski definition) is 1. The van der Waals surface area contributed by atoms with Gasteiger partial charge in [0.15, 0.2) is 0 Å². The van der Waals surface area contributed by atoms with Gasteiger partial charge in [0.25, 0.3) is 0 Å². The zero-order valence-corrected chi connectivity index (χ0v) is 13.2. The fourth-order valence-electron chi connectivity index (χ4n) is 2.45. The topological polar surface area (TPSA) is 42.2 Å². The zero-order valence-electron chi connectivity index (χ0n) is 10.9. The van der Waals surface area contributed by atoms with Gasteiger partial charge in [0, 0.05) is 17.0 Å². The van der Waals surface area contributed by atoms with E-state index in [0.717, 1.165) is 16.5 Å². The second kappa shape index (κ2) is 5.54. The van der Waals surface area contributed by atoms with Crippen molar-refractivity contribution < 1.29 is 9.90 Å². The number of rotatable bonds is 3. The van der Waals surface area contributed by atoms with Gasteiger partial charge in [-0.25, -0.2) is 4.79 Å². The Morgan fingerprint density at radius 1 is 1.19 bits per heavy atom. The molecule has 0 amide bonds. The van der Waals surface area contributed by atoms with Crippen LogP contribution in [0.5, 0.6) is 0 Å². The van der Waals surface area contributed by atoms with Gasteiger partial charge < -0.3 is 9.67 Å². The van der Waals surface area contributed by atoms with Gasteiger partial charge in [-0.15, -0.1) is 0 Å². The first-order valence-electron chi connectivity index (χ1n) is 6.32. The largest absolute Gasteiger partial charge is 0.477 e. The van der Waals surface area contributed by atoms with Crippen LogP contribution in [-0.4, -0.2) is 15.6 Å². The maximum absolute atomic E-state index is 11.6. The monoisotopic (exact) mass is 363 g/mol. The van der Waals surface area contributed by atoms with Crippen LogP contribution in [0.4, 0.5) is 0 Å². The Balaban J connectivity index is 2.21. The van der Waals surface area contributed by atoms with Crippen molar-refractivity contribution >= 4 is 44.4 Å². The number of hydrogen-bond donors (Lipinski definition) is 1. The summed E-state index contributed by atoms with van der Waals surface area (Å²) in [6.45, 7) is 0.453. The summed E-state index contributed by atoms with van der Waals surface area (Å²) in [6, 6.07) is 15.0. The van der Waals surface area contributed by atoms with Gasteiger partial charge in [-0.05, 0) is 39.7 Å². The predicted octanol–water partition coefficient (Wildman–Crippen LogP) is 4.80. The van der Waals surface area contributed by atoms with Crippen LogP contribution < -0.4 is 0 Å². The van der Waals surface area contributed by atoms with E-state index in [4.69, 9.17) is 11.6 Å². The van der Waals surface area contributed by atoms with Crippen molar-refractivity contribution in [1.82, 2.24) is 4.57 Å². The molecule has 0 aliphatic heterocycles. The van der Waals surface area contributed by atoms with Gasteiger partial charge in [-0.1, -0.05) is 41.9 Å². The Morgan fingerprint density at radius 2 is 1.95 bits per heavy atom. The van der Waals surface area contributed by atoms with Crippen molar-refractivity contribution in [3.05, 3.63) is 69.3 Å². The molecule has 0 unspecified atom stereocenters. The average molecular weight is 365 g/mol. The summed E-state index contributed by atoms with van der Waals surface area (Å²) in [6.07, 6.45) is 0. The fourth-order valence-corrected chi connectivity index (χ4v) is 3.38. The van der Waals surface area contributed by atoms with Crippen LogP contribution in [0.1, 0.15) is 16.1 Å². The van der Waals surface area contributed by atoms with Gasteiger partial charge in [-0.3, -0.25) is 0 Å². The van der Waals surface area contributed by atoms with Crippen molar-refractivity contribution in [3.8, 4) is 0 Å². The minimum absolute atomic E-state index is 0.246. The molecular formula is C16H11BrClNO2. The number of benzene rings is 2. The van der Waals surface area contributed by atoms with Crippen LogP contribution in [-0.2, 0) is 6.54 Å². The molecule has 0 saturated heterocycles. The second-order valence-corrected chi connectivity index (χ2v) is 5.93. The van der Waals surface area contributed by atoms with E-state index in [1.165, 1.54) is 0 Å². The molecule has 2 aromatic carbocycles. The molecule has 0 spiro atoms. The summed E-state index contributed by atoms with van der Waals surface area (Å²) in [5, 5.41) is 11.0. The molecule has 3 rings (SSSR count). The molecule has 3 aromatic rings. The molecule has 5 heteroatoms. The number of halogens is 2. The summed E-state index contributed by atoms with van der Waals surface area (Å²) in [7, 11) is 0.